The third-order valence-electron chi connectivity index (χ3n) is 5.15. The Labute approximate surface area is 203 Å². The summed E-state index contributed by atoms with van der Waals surface area (Å²) in [5.74, 6) is 0.324. The molecule has 1 unspecified atom stereocenters. The van der Waals surface area contributed by atoms with Gasteiger partial charge in [0.25, 0.3) is 6.01 Å². The second-order valence-electron chi connectivity index (χ2n) is 11.2. The van der Waals surface area contributed by atoms with E-state index in [9.17, 15) is 4.79 Å². The molecular weight excluding hydrogens is 428 g/mol. The largest absolute Gasteiger partial charge is 0.476 e. The number of para-hydroxylation sites is 2. The number of aryl methyl sites for hydroxylation is 1. The number of fused-ring (bicyclic) bond motifs is 1. The summed E-state index contributed by atoms with van der Waals surface area (Å²) in [6.45, 7) is 14.5. The Morgan fingerprint density at radius 1 is 1.00 bits per heavy atom. The summed E-state index contributed by atoms with van der Waals surface area (Å²) in [5.41, 5.74) is 0.983. The van der Waals surface area contributed by atoms with Crippen molar-refractivity contribution < 1.29 is 18.7 Å². The van der Waals surface area contributed by atoms with Gasteiger partial charge in [-0.05, 0) is 75.8 Å². The summed E-state index contributed by atoms with van der Waals surface area (Å²) in [5, 5.41) is 3.25. The molecule has 1 N–H and O–H groups in total. The van der Waals surface area contributed by atoms with E-state index in [1.165, 1.54) is 0 Å². The van der Waals surface area contributed by atoms with Crippen molar-refractivity contribution in [1.82, 2.24) is 4.98 Å². The number of esters is 1. The molecule has 3 rings (SSSR count). The first-order valence-electron chi connectivity index (χ1n) is 11.9. The Bertz CT molecular complexity index is 1070. The van der Waals surface area contributed by atoms with Crippen LogP contribution in [-0.2, 0) is 16.0 Å². The summed E-state index contributed by atoms with van der Waals surface area (Å²) in [6, 6.07) is 16.2. The lowest BCUT2D eigenvalue weighted by atomic mass is 9.82. The van der Waals surface area contributed by atoms with Gasteiger partial charge in [0.05, 0.1) is 0 Å². The highest BCUT2D eigenvalue weighted by atomic mass is 16.6. The van der Waals surface area contributed by atoms with E-state index in [1.807, 2.05) is 70.2 Å². The van der Waals surface area contributed by atoms with Crippen molar-refractivity contribution in [2.45, 2.75) is 78.9 Å². The molecule has 0 fully saturated rings. The van der Waals surface area contributed by atoms with Crippen LogP contribution in [0.15, 0.2) is 52.9 Å². The maximum Gasteiger partial charge on any atom is 0.350 e. The van der Waals surface area contributed by atoms with E-state index in [0.717, 1.165) is 36.0 Å². The average Bonchev–Trinajstić information content (AvgIpc) is 3.12. The first-order chi connectivity index (χ1) is 15.8. The van der Waals surface area contributed by atoms with E-state index in [0.29, 0.717) is 18.2 Å². The second-order valence-corrected chi connectivity index (χ2v) is 11.2. The van der Waals surface area contributed by atoms with Crippen LogP contribution in [0.1, 0.15) is 66.9 Å². The van der Waals surface area contributed by atoms with Gasteiger partial charge in [0.15, 0.2) is 5.58 Å². The number of rotatable bonds is 9. The summed E-state index contributed by atoms with van der Waals surface area (Å²) in [7, 11) is 0. The summed E-state index contributed by atoms with van der Waals surface area (Å²) < 4.78 is 17.7. The fraction of sp³-hybridized carbons (Fsp3) is 0.500. The van der Waals surface area contributed by atoms with Crippen LogP contribution in [0.4, 0.5) is 6.01 Å². The molecule has 1 atom stereocenters. The molecule has 0 amide bonds. The number of nitrogens with one attached hydrogen (secondary N) is 1. The molecule has 184 valence electrons. The minimum Gasteiger partial charge on any atom is -0.476 e. The first kappa shape index (κ1) is 25.6. The van der Waals surface area contributed by atoms with Crippen LogP contribution in [0.5, 0.6) is 5.75 Å². The van der Waals surface area contributed by atoms with Crippen molar-refractivity contribution >= 4 is 23.1 Å². The van der Waals surface area contributed by atoms with Crippen molar-refractivity contribution in [3.05, 3.63) is 54.1 Å². The lowest BCUT2D eigenvalue weighted by molar-refractivity contribution is -0.175. The van der Waals surface area contributed by atoms with Gasteiger partial charge >= 0.3 is 5.97 Å². The highest BCUT2D eigenvalue weighted by Crippen LogP contribution is 2.33. The Morgan fingerprint density at radius 3 is 2.41 bits per heavy atom. The monoisotopic (exact) mass is 466 g/mol. The minimum absolute atomic E-state index is 0.111. The number of anilines is 1. The fourth-order valence-corrected chi connectivity index (χ4v) is 4.01. The van der Waals surface area contributed by atoms with Crippen molar-refractivity contribution in [1.29, 1.82) is 0 Å². The first-order valence-corrected chi connectivity index (χ1v) is 11.9. The van der Waals surface area contributed by atoms with Gasteiger partial charge in [0.1, 0.15) is 16.9 Å². The zero-order valence-corrected chi connectivity index (χ0v) is 21.5. The van der Waals surface area contributed by atoms with Gasteiger partial charge in [-0.3, -0.25) is 0 Å². The molecule has 0 saturated heterocycles. The van der Waals surface area contributed by atoms with Crippen molar-refractivity contribution in [2.24, 2.45) is 5.41 Å². The average molecular weight is 467 g/mol. The smallest absolute Gasteiger partial charge is 0.350 e. The van der Waals surface area contributed by atoms with E-state index < -0.39 is 11.2 Å². The molecule has 0 aliphatic carbocycles. The number of hydrogen-bond donors (Lipinski definition) is 1. The van der Waals surface area contributed by atoms with E-state index in [4.69, 9.17) is 13.9 Å². The maximum absolute atomic E-state index is 13.1. The number of oxazole rings is 1. The predicted molar refractivity (Wildman–Crippen MR) is 136 cm³/mol. The van der Waals surface area contributed by atoms with Crippen LogP contribution in [0, 0.1) is 5.41 Å². The highest BCUT2D eigenvalue weighted by Gasteiger charge is 2.42. The Kier molecular flexibility index (Phi) is 7.59. The fourth-order valence-electron chi connectivity index (χ4n) is 4.01. The minimum atomic E-state index is -1.08. The molecule has 0 radical (unpaired) electrons. The van der Waals surface area contributed by atoms with Gasteiger partial charge in [0.2, 0.25) is 5.60 Å². The Morgan fingerprint density at radius 2 is 1.74 bits per heavy atom. The molecule has 2 aromatic carbocycles. The predicted octanol–water partition coefficient (Wildman–Crippen LogP) is 6.79. The number of carbonyl (C=O) groups is 1. The number of aromatic nitrogens is 1. The molecule has 0 spiro atoms. The van der Waals surface area contributed by atoms with Gasteiger partial charge in [-0.15, -0.1) is 0 Å². The van der Waals surface area contributed by atoms with Gasteiger partial charge in [0, 0.05) is 13.0 Å². The zero-order valence-electron chi connectivity index (χ0n) is 21.5. The topological polar surface area (TPSA) is 73.6 Å². The lowest BCUT2D eigenvalue weighted by Gasteiger charge is -2.36. The van der Waals surface area contributed by atoms with E-state index in [2.05, 4.69) is 37.1 Å². The number of benzene rings is 2. The summed E-state index contributed by atoms with van der Waals surface area (Å²) >= 11 is 0. The van der Waals surface area contributed by atoms with E-state index in [1.54, 1.807) is 0 Å². The molecule has 0 saturated carbocycles. The third kappa shape index (κ3) is 7.51. The van der Waals surface area contributed by atoms with Crippen LogP contribution >= 0.6 is 0 Å². The van der Waals surface area contributed by atoms with Crippen LogP contribution < -0.4 is 10.1 Å². The van der Waals surface area contributed by atoms with Crippen LogP contribution in [0.3, 0.4) is 0 Å². The van der Waals surface area contributed by atoms with Gasteiger partial charge in [-0.1, -0.05) is 45.0 Å². The SMILES string of the molecule is CC(C)(C)CC(C)(Oc1cccc(CCCNc2nc3ccccc3o2)c1)C(=O)OC(C)(C)C. The third-order valence-corrected chi connectivity index (χ3v) is 5.15. The van der Waals surface area contributed by atoms with Crippen molar-refractivity contribution in [3.8, 4) is 5.75 Å². The molecule has 1 aromatic heterocycles. The van der Waals surface area contributed by atoms with E-state index >= 15 is 0 Å². The number of ether oxygens (including phenoxy) is 2. The molecule has 6 heteroatoms. The summed E-state index contributed by atoms with van der Waals surface area (Å²) in [4.78, 5) is 17.5. The molecule has 0 aliphatic heterocycles. The highest BCUT2D eigenvalue weighted by molar-refractivity contribution is 5.80. The Balaban J connectivity index is 1.62. The molecule has 6 nitrogen and oxygen atoms in total. The Hall–Kier alpha value is -3.02. The van der Waals surface area contributed by atoms with Gasteiger partial charge in [-0.25, -0.2) is 4.79 Å². The van der Waals surface area contributed by atoms with Crippen molar-refractivity contribution in [2.75, 3.05) is 11.9 Å². The molecule has 34 heavy (non-hydrogen) atoms. The van der Waals surface area contributed by atoms with Crippen LogP contribution in [-0.4, -0.2) is 28.7 Å². The quantitative estimate of drug-likeness (QED) is 0.276. The molecule has 1 heterocycles. The molecule has 0 bridgehead atoms. The van der Waals surface area contributed by atoms with Crippen LogP contribution in [0.2, 0.25) is 0 Å². The number of carbonyl (C=O) groups excluding carboxylic acids is 1. The number of nitrogens with zero attached hydrogens (tertiary/aromatic N) is 1. The van der Waals surface area contributed by atoms with Crippen molar-refractivity contribution in [3.63, 3.8) is 0 Å². The standard InChI is InChI=1S/C28H38N2O4/c1-26(2,3)19-28(7,24(31)34-27(4,5)6)33-21-14-10-12-20(18-21)13-11-17-29-25-30-22-15-8-9-16-23(22)32-25/h8-10,12,14-16,18H,11,13,17,19H2,1-7H3,(H,29,30). The zero-order chi connectivity index (χ0) is 25.0. The maximum atomic E-state index is 13.1. The molecular formula is C28H38N2O4. The number of hydrogen-bond acceptors (Lipinski definition) is 6. The van der Waals surface area contributed by atoms with E-state index in [-0.39, 0.29) is 11.4 Å². The normalized spacial score (nSPS) is 14.0. The second kappa shape index (κ2) is 10.1. The van der Waals surface area contributed by atoms with Crippen LogP contribution in [0.25, 0.3) is 11.1 Å². The van der Waals surface area contributed by atoms with Gasteiger partial charge < -0.3 is 19.2 Å². The lowest BCUT2D eigenvalue weighted by Crippen LogP contribution is -2.48. The van der Waals surface area contributed by atoms with Gasteiger partial charge in [-0.2, -0.15) is 4.98 Å². The molecule has 3 aromatic rings. The molecule has 0 aliphatic rings. The summed E-state index contributed by atoms with van der Waals surface area (Å²) in [6.07, 6.45) is 2.29.